The fourth-order valence-electron chi connectivity index (χ4n) is 4.05. The van der Waals surface area contributed by atoms with Crippen molar-refractivity contribution < 1.29 is 30.9 Å². The van der Waals surface area contributed by atoms with E-state index in [1.807, 2.05) is 19.1 Å². The van der Waals surface area contributed by atoms with Crippen LogP contribution in [0.25, 0.3) is 21.2 Å². The van der Waals surface area contributed by atoms with Gasteiger partial charge < -0.3 is 10.4 Å². The van der Waals surface area contributed by atoms with Gasteiger partial charge in [0.2, 0.25) is 0 Å². The van der Waals surface area contributed by atoms with Gasteiger partial charge in [-0.1, -0.05) is 24.3 Å². The van der Waals surface area contributed by atoms with E-state index < -0.39 is 21.9 Å². The third kappa shape index (κ3) is 8.55. The third-order valence-corrected chi connectivity index (χ3v) is 7.56. The second-order valence-corrected chi connectivity index (χ2v) is 11.8. The molecule has 0 bridgehead atoms. The molecule has 0 atom stereocenters. The normalized spacial score (nSPS) is 15.1. The van der Waals surface area contributed by atoms with Gasteiger partial charge in [-0.25, -0.2) is 0 Å². The van der Waals surface area contributed by atoms with E-state index in [9.17, 15) is 21.6 Å². The van der Waals surface area contributed by atoms with Gasteiger partial charge in [0, 0.05) is 20.5 Å². The van der Waals surface area contributed by atoms with Crippen molar-refractivity contribution >= 4 is 31.5 Å². The van der Waals surface area contributed by atoms with Crippen LogP contribution < -0.4 is 5.32 Å². The first-order chi connectivity index (χ1) is 16.9. The summed E-state index contributed by atoms with van der Waals surface area (Å²) in [7, 11) is -3.40. The molecule has 1 aliphatic heterocycles. The summed E-state index contributed by atoms with van der Waals surface area (Å²) in [5.41, 5.74) is 2.22. The number of thiophene rings is 1. The molecule has 0 radical (unpaired) electrons. The van der Waals surface area contributed by atoms with E-state index in [-0.39, 0.29) is 12.7 Å². The number of rotatable bonds is 7. The van der Waals surface area contributed by atoms with Gasteiger partial charge in [-0.05, 0) is 81.4 Å². The summed E-state index contributed by atoms with van der Waals surface area (Å²) in [6.45, 7) is 4.12. The number of aliphatic hydroxyl groups excluding tert-OH is 1. The molecule has 0 amide bonds. The molecule has 2 aromatic carbocycles. The van der Waals surface area contributed by atoms with E-state index in [4.69, 9.17) is 9.29 Å². The zero-order chi connectivity index (χ0) is 26.3. The third-order valence-electron chi connectivity index (χ3n) is 5.90. The van der Waals surface area contributed by atoms with E-state index in [0.29, 0.717) is 6.42 Å². The molecule has 0 aliphatic carbocycles. The fourth-order valence-corrected chi connectivity index (χ4v) is 5.62. The Morgan fingerprint density at radius 2 is 1.75 bits per heavy atom. The largest absolute Gasteiger partial charge is 0.416 e. The smallest absolute Gasteiger partial charge is 0.393 e. The van der Waals surface area contributed by atoms with E-state index in [2.05, 4.69) is 11.4 Å². The van der Waals surface area contributed by atoms with Crippen molar-refractivity contribution in [3.8, 4) is 11.1 Å². The molecule has 10 heteroatoms. The summed E-state index contributed by atoms with van der Waals surface area (Å²) in [5.74, 6) is 0. The average molecular weight is 544 g/mol. The number of aryl methyl sites for hydroxylation is 2. The number of hydrogen-bond donors (Lipinski definition) is 2. The summed E-state index contributed by atoms with van der Waals surface area (Å²) in [5, 5.41) is 13.0. The van der Waals surface area contributed by atoms with Crippen LogP contribution in [0.3, 0.4) is 0 Å². The molecule has 0 unspecified atom stereocenters. The Morgan fingerprint density at radius 3 is 2.31 bits per heavy atom. The molecule has 0 spiro atoms. The standard InChI is InChI=1S/C21H21F3O3S2.C5H11NO/c1-14-20(16-7-9-17(10-8-16)21(22,23)24)18-11-6-15(13-19(18)28-14)5-3-4-12-27-29(2,25)26;7-5-1-3-6-4-2-5/h6-11,13H,3-5,12H2,1-2H3;5-7H,1-4H2. The van der Waals surface area contributed by atoms with Crippen LogP contribution in [0.2, 0.25) is 0 Å². The van der Waals surface area contributed by atoms with E-state index in [1.165, 1.54) is 12.1 Å². The van der Waals surface area contributed by atoms with Crippen LogP contribution in [0.5, 0.6) is 0 Å². The lowest BCUT2D eigenvalue weighted by molar-refractivity contribution is -0.137. The molecule has 198 valence electrons. The van der Waals surface area contributed by atoms with Gasteiger partial charge in [0.15, 0.2) is 0 Å². The highest BCUT2D eigenvalue weighted by Crippen LogP contribution is 2.40. The SMILES string of the molecule is Cc1sc2cc(CCCCOS(C)(=O)=O)ccc2c1-c1ccc(C(F)(F)F)cc1.OC1CCNCC1. The topological polar surface area (TPSA) is 75.6 Å². The minimum Gasteiger partial charge on any atom is -0.393 e. The number of unbranched alkanes of at least 4 members (excludes halogenated alkanes) is 1. The minimum absolute atomic E-state index is 0.0266. The number of nitrogens with one attached hydrogen (secondary N) is 1. The number of benzene rings is 2. The molecular weight excluding hydrogens is 511 g/mol. The molecule has 2 heterocycles. The molecular formula is C26H32F3NO4S2. The quantitative estimate of drug-likeness (QED) is 0.286. The van der Waals surface area contributed by atoms with E-state index >= 15 is 0 Å². The van der Waals surface area contributed by atoms with Gasteiger partial charge >= 0.3 is 6.18 Å². The lowest BCUT2D eigenvalue weighted by Crippen LogP contribution is -2.30. The van der Waals surface area contributed by atoms with Crippen molar-refractivity contribution in [2.75, 3.05) is 26.0 Å². The van der Waals surface area contributed by atoms with E-state index in [0.717, 1.165) is 88.8 Å². The van der Waals surface area contributed by atoms with E-state index in [1.54, 1.807) is 11.3 Å². The van der Waals surface area contributed by atoms with Gasteiger partial charge in [-0.2, -0.15) is 21.6 Å². The van der Waals surface area contributed by atoms with Crippen molar-refractivity contribution in [3.05, 3.63) is 58.5 Å². The van der Waals surface area contributed by atoms with Gasteiger partial charge in [-0.3, -0.25) is 4.18 Å². The second kappa shape index (κ2) is 12.5. The van der Waals surface area contributed by atoms with Gasteiger partial charge in [0.1, 0.15) is 0 Å². The van der Waals surface area contributed by atoms with Crippen molar-refractivity contribution in [2.24, 2.45) is 0 Å². The maximum absolute atomic E-state index is 12.8. The van der Waals surface area contributed by atoms with Gasteiger partial charge in [0.25, 0.3) is 10.1 Å². The number of piperidine rings is 1. The number of halogens is 3. The van der Waals surface area contributed by atoms with Crippen LogP contribution in [-0.2, 0) is 26.9 Å². The molecule has 0 saturated carbocycles. The number of aliphatic hydroxyl groups is 1. The molecule has 36 heavy (non-hydrogen) atoms. The number of alkyl halides is 3. The molecule has 2 N–H and O–H groups in total. The molecule has 5 nitrogen and oxygen atoms in total. The summed E-state index contributed by atoms with van der Waals surface area (Å²) in [6.07, 6.45) is 0.777. The van der Waals surface area contributed by atoms with Crippen LogP contribution in [-0.4, -0.2) is 45.6 Å². The predicted molar refractivity (Wildman–Crippen MR) is 139 cm³/mol. The van der Waals surface area contributed by atoms with Crippen molar-refractivity contribution in [3.63, 3.8) is 0 Å². The Labute approximate surface area is 214 Å². The molecule has 1 fully saturated rings. The molecule has 1 aliphatic rings. The zero-order valence-electron chi connectivity index (χ0n) is 20.4. The highest BCUT2D eigenvalue weighted by atomic mass is 32.2. The van der Waals surface area contributed by atoms with Crippen molar-refractivity contribution in [2.45, 2.75) is 51.3 Å². The second-order valence-electron chi connectivity index (χ2n) is 8.90. The molecule has 3 aromatic rings. The molecule has 4 rings (SSSR count). The van der Waals surface area contributed by atoms with Crippen molar-refractivity contribution in [1.82, 2.24) is 5.32 Å². The predicted octanol–water partition coefficient (Wildman–Crippen LogP) is 5.93. The number of fused-ring (bicyclic) bond motifs is 1. The Hall–Kier alpha value is -1.98. The van der Waals surface area contributed by atoms with Crippen LogP contribution in [0, 0.1) is 6.92 Å². The summed E-state index contributed by atoms with van der Waals surface area (Å²) < 4.78 is 66.2. The van der Waals surface area contributed by atoms with Crippen LogP contribution >= 0.6 is 11.3 Å². The Morgan fingerprint density at radius 1 is 1.08 bits per heavy atom. The first-order valence-electron chi connectivity index (χ1n) is 11.9. The lowest BCUT2D eigenvalue weighted by Gasteiger charge is -2.16. The lowest BCUT2D eigenvalue weighted by atomic mass is 9.99. The highest BCUT2D eigenvalue weighted by Gasteiger charge is 2.30. The molecule has 1 aromatic heterocycles. The van der Waals surface area contributed by atoms with Crippen molar-refractivity contribution in [1.29, 1.82) is 0 Å². The van der Waals surface area contributed by atoms with Gasteiger partial charge in [-0.15, -0.1) is 11.3 Å². The monoisotopic (exact) mass is 543 g/mol. The summed E-state index contributed by atoms with van der Waals surface area (Å²) >= 11 is 1.62. The summed E-state index contributed by atoms with van der Waals surface area (Å²) in [4.78, 5) is 1.05. The van der Waals surface area contributed by atoms with Crippen LogP contribution in [0.15, 0.2) is 42.5 Å². The average Bonchev–Trinajstić information content (AvgIpc) is 3.13. The minimum atomic E-state index is -4.34. The fraction of sp³-hybridized carbons (Fsp3) is 0.462. The first-order valence-corrected chi connectivity index (χ1v) is 14.5. The Kier molecular flexibility index (Phi) is 9.94. The highest BCUT2D eigenvalue weighted by molar-refractivity contribution is 7.85. The maximum atomic E-state index is 12.8. The van der Waals surface area contributed by atoms with Crippen LogP contribution in [0.1, 0.15) is 41.7 Å². The summed E-state index contributed by atoms with van der Waals surface area (Å²) in [6, 6.07) is 11.4. The number of hydrogen-bond acceptors (Lipinski definition) is 6. The Bertz CT molecular complexity index is 1230. The zero-order valence-corrected chi connectivity index (χ0v) is 22.0. The Balaban J connectivity index is 0.000000444. The molecule has 1 saturated heterocycles. The van der Waals surface area contributed by atoms with Gasteiger partial charge in [0.05, 0.1) is 24.5 Å². The first kappa shape index (κ1) is 28.6. The van der Waals surface area contributed by atoms with Crippen LogP contribution in [0.4, 0.5) is 13.2 Å². The maximum Gasteiger partial charge on any atom is 0.416 e.